The van der Waals surface area contributed by atoms with Gasteiger partial charge in [0.25, 0.3) is 0 Å². The number of nitrogens with two attached hydrogens (primary N) is 1. The quantitative estimate of drug-likeness (QED) is 0.909. The molecule has 0 amide bonds. The summed E-state index contributed by atoms with van der Waals surface area (Å²) in [5, 5.41) is 0. The number of rotatable bonds is 2. The maximum atomic E-state index is 5.90. The zero-order valence-electron chi connectivity index (χ0n) is 9.45. The van der Waals surface area contributed by atoms with E-state index in [2.05, 4.69) is 20.9 Å². The van der Waals surface area contributed by atoms with E-state index >= 15 is 0 Å². The molecule has 0 radical (unpaired) electrons. The van der Waals surface area contributed by atoms with Crippen molar-refractivity contribution in [3.63, 3.8) is 0 Å². The number of hydrogen-bond acceptors (Lipinski definition) is 3. The standard InChI is InChI=1S/C12H17BrN2O/c1-8-6-9(13)7-15-12(8)16-11-4-2-10(14)3-5-11/h6-7,10-11H,2-5,14H2,1H3. The first-order chi connectivity index (χ1) is 7.65. The number of halogens is 1. The molecule has 0 atom stereocenters. The zero-order chi connectivity index (χ0) is 11.5. The Hall–Kier alpha value is -0.610. The van der Waals surface area contributed by atoms with Crippen LogP contribution in [-0.4, -0.2) is 17.1 Å². The maximum Gasteiger partial charge on any atom is 0.216 e. The fourth-order valence-corrected chi connectivity index (χ4v) is 2.46. The van der Waals surface area contributed by atoms with Gasteiger partial charge in [-0.1, -0.05) is 0 Å². The molecule has 1 aliphatic rings. The van der Waals surface area contributed by atoms with E-state index in [1.807, 2.05) is 13.0 Å². The van der Waals surface area contributed by atoms with Crippen molar-refractivity contribution in [1.82, 2.24) is 4.98 Å². The van der Waals surface area contributed by atoms with Gasteiger partial charge in [-0.25, -0.2) is 4.98 Å². The van der Waals surface area contributed by atoms with E-state index in [9.17, 15) is 0 Å². The second-order valence-electron chi connectivity index (χ2n) is 4.43. The van der Waals surface area contributed by atoms with Gasteiger partial charge in [0.1, 0.15) is 6.10 Å². The van der Waals surface area contributed by atoms with Crippen molar-refractivity contribution in [2.24, 2.45) is 5.73 Å². The van der Waals surface area contributed by atoms with Crippen molar-refractivity contribution in [1.29, 1.82) is 0 Å². The number of aromatic nitrogens is 1. The van der Waals surface area contributed by atoms with E-state index in [0.29, 0.717) is 6.04 Å². The van der Waals surface area contributed by atoms with Crippen LogP contribution in [0.1, 0.15) is 31.2 Å². The summed E-state index contributed by atoms with van der Waals surface area (Å²) in [6, 6.07) is 2.38. The molecule has 0 unspecified atom stereocenters. The Kier molecular flexibility index (Phi) is 3.82. The largest absolute Gasteiger partial charge is 0.474 e. The van der Waals surface area contributed by atoms with Gasteiger partial charge in [0.15, 0.2) is 0 Å². The molecule has 3 nitrogen and oxygen atoms in total. The average molecular weight is 285 g/mol. The molecule has 0 spiro atoms. The fourth-order valence-electron chi connectivity index (χ4n) is 2.02. The first-order valence-electron chi connectivity index (χ1n) is 5.69. The fraction of sp³-hybridized carbons (Fsp3) is 0.583. The van der Waals surface area contributed by atoms with E-state index in [-0.39, 0.29) is 6.10 Å². The first kappa shape index (κ1) is 11.9. The molecule has 1 aliphatic carbocycles. The van der Waals surface area contributed by atoms with Crippen molar-refractivity contribution in [2.45, 2.75) is 44.8 Å². The molecule has 1 aromatic rings. The van der Waals surface area contributed by atoms with Crippen LogP contribution in [0.2, 0.25) is 0 Å². The lowest BCUT2D eigenvalue weighted by Gasteiger charge is -2.26. The third-order valence-corrected chi connectivity index (χ3v) is 3.43. The second-order valence-corrected chi connectivity index (χ2v) is 5.35. The Balaban J connectivity index is 1.98. The van der Waals surface area contributed by atoms with Gasteiger partial charge in [-0.15, -0.1) is 0 Å². The summed E-state index contributed by atoms with van der Waals surface area (Å²) >= 11 is 3.39. The highest BCUT2D eigenvalue weighted by molar-refractivity contribution is 9.10. The minimum absolute atomic E-state index is 0.284. The normalized spacial score (nSPS) is 25.4. The molecule has 0 saturated heterocycles. The van der Waals surface area contributed by atoms with Gasteiger partial charge < -0.3 is 10.5 Å². The van der Waals surface area contributed by atoms with Crippen LogP contribution in [0, 0.1) is 6.92 Å². The minimum Gasteiger partial charge on any atom is -0.474 e. The highest BCUT2D eigenvalue weighted by Gasteiger charge is 2.20. The molecule has 4 heteroatoms. The summed E-state index contributed by atoms with van der Waals surface area (Å²) in [7, 11) is 0. The summed E-state index contributed by atoms with van der Waals surface area (Å²) in [5.41, 5.74) is 6.94. The Bertz CT molecular complexity index is 362. The van der Waals surface area contributed by atoms with Crippen LogP contribution in [0.15, 0.2) is 16.7 Å². The average Bonchev–Trinajstić information content (AvgIpc) is 2.25. The van der Waals surface area contributed by atoms with Crippen molar-refractivity contribution >= 4 is 15.9 Å². The molecule has 0 aromatic carbocycles. The van der Waals surface area contributed by atoms with Gasteiger partial charge in [-0.2, -0.15) is 0 Å². The van der Waals surface area contributed by atoms with E-state index in [0.717, 1.165) is 41.6 Å². The SMILES string of the molecule is Cc1cc(Br)cnc1OC1CCC(N)CC1. The Morgan fingerprint density at radius 2 is 2.06 bits per heavy atom. The number of nitrogens with zero attached hydrogens (tertiary/aromatic N) is 1. The predicted molar refractivity (Wildman–Crippen MR) is 67.5 cm³/mol. The van der Waals surface area contributed by atoms with Crippen molar-refractivity contribution in [3.05, 3.63) is 22.3 Å². The van der Waals surface area contributed by atoms with Crippen molar-refractivity contribution < 1.29 is 4.74 Å². The smallest absolute Gasteiger partial charge is 0.216 e. The molecule has 0 bridgehead atoms. The van der Waals surface area contributed by atoms with Crippen LogP contribution < -0.4 is 10.5 Å². The summed E-state index contributed by atoms with van der Waals surface area (Å²) in [4.78, 5) is 4.29. The van der Waals surface area contributed by atoms with Crippen molar-refractivity contribution in [2.75, 3.05) is 0 Å². The molecule has 2 rings (SSSR count). The maximum absolute atomic E-state index is 5.90. The number of pyridine rings is 1. The molecule has 1 heterocycles. The number of aryl methyl sites for hydroxylation is 1. The van der Waals surface area contributed by atoms with Crippen LogP contribution in [0.25, 0.3) is 0 Å². The summed E-state index contributed by atoms with van der Waals surface area (Å²) < 4.78 is 6.89. The van der Waals surface area contributed by atoms with E-state index in [4.69, 9.17) is 10.5 Å². The van der Waals surface area contributed by atoms with Crippen molar-refractivity contribution in [3.8, 4) is 5.88 Å². The molecule has 1 saturated carbocycles. The molecular formula is C12H17BrN2O. The molecule has 88 valence electrons. The van der Waals surface area contributed by atoms with Gasteiger partial charge in [0.2, 0.25) is 5.88 Å². The minimum atomic E-state index is 0.284. The lowest BCUT2D eigenvalue weighted by Crippen LogP contribution is -2.31. The van der Waals surface area contributed by atoms with Crippen LogP contribution in [0.5, 0.6) is 5.88 Å². The molecule has 1 fully saturated rings. The highest BCUT2D eigenvalue weighted by Crippen LogP contribution is 2.25. The summed E-state index contributed by atoms with van der Waals surface area (Å²) in [5.74, 6) is 0.753. The lowest BCUT2D eigenvalue weighted by molar-refractivity contribution is 0.140. The third kappa shape index (κ3) is 2.95. The van der Waals surface area contributed by atoms with Crippen LogP contribution in [-0.2, 0) is 0 Å². The van der Waals surface area contributed by atoms with Crippen LogP contribution in [0.4, 0.5) is 0 Å². The number of hydrogen-bond donors (Lipinski definition) is 1. The summed E-state index contributed by atoms with van der Waals surface area (Å²) in [6.45, 7) is 2.02. The molecule has 2 N–H and O–H groups in total. The Morgan fingerprint density at radius 1 is 1.38 bits per heavy atom. The van der Waals surface area contributed by atoms with Gasteiger partial charge in [0, 0.05) is 22.3 Å². The third-order valence-electron chi connectivity index (χ3n) is 2.99. The Labute approximate surface area is 105 Å². The van der Waals surface area contributed by atoms with Crippen LogP contribution >= 0.6 is 15.9 Å². The van der Waals surface area contributed by atoms with Crippen LogP contribution in [0.3, 0.4) is 0 Å². The van der Waals surface area contributed by atoms with E-state index in [1.54, 1.807) is 6.20 Å². The van der Waals surface area contributed by atoms with Gasteiger partial charge in [0.05, 0.1) is 0 Å². The van der Waals surface area contributed by atoms with Gasteiger partial charge >= 0.3 is 0 Å². The monoisotopic (exact) mass is 284 g/mol. The van der Waals surface area contributed by atoms with E-state index < -0.39 is 0 Å². The lowest BCUT2D eigenvalue weighted by atomic mass is 9.94. The first-order valence-corrected chi connectivity index (χ1v) is 6.49. The molecular weight excluding hydrogens is 268 g/mol. The summed E-state index contributed by atoms with van der Waals surface area (Å²) in [6.07, 6.45) is 6.25. The molecule has 16 heavy (non-hydrogen) atoms. The molecule has 1 aromatic heterocycles. The number of ether oxygens (including phenoxy) is 1. The highest BCUT2D eigenvalue weighted by atomic mass is 79.9. The zero-order valence-corrected chi connectivity index (χ0v) is 11.0. The van der Waals surface area contributed by atoms with E-state index in [1.165, 1.54) is 0 Å². The topological polar surface area (TPSA) is 48.1 Å². The second kappa shape index (κ2) is 5.15. The predicted octanol–water partition coefficient (Wildman–Crippen LogP) is 2.80. The van der Waals surface area contributed by atoms with Gasteiger partial charge in [-0.05, 0) is 54.6 Å². The van der Waals surface area contributed by atoms with Gasteiger partial charge in [-0.3, -0.25) is 0 Å². The molecule has 0 aliphatic heterocycles. The Morgan fingerprint density at radius 3 is 2.69 bits per heavy atom.